The highest BCUT2D eigenvalue weighted by atomic mass is 16.5. The molecule has 3 rings (SSSR count). The highest BCUT2D eigenvalue weighted by Crippen LogP contribution is 2.27. The summed E-state index contributed by atoms with van der Waals surface area (Å²) in [6, 6.07) is 12.8. The molecule has 1 heterocycles. The number of rotatable bonds is 7. The van der Waals surface area contributed by atoms with Gasteiger partial charge in [0, 0.05) is 24.3 Å². The van der Waals surface area contributed by atoms with Gasteiger partial charge < -0.3 is 19.7 Å². The van der Waals surface area contributed by atoms with Crippen molar-refractivity contribution in [2.24, 2.45) is 0 Å². The first-order chi connectivity index (χ1) is 13.6. The zero-order chi connectivity index (χ0) is 19.9. The van der Waals surface area contributed by atoms with Crippen molar-refractivity contribution in [1.29, 1.82) is 0 Å². The fourth-order valence-electron chi connectivity index (χ4n) is 3.18. The minimum absolute atomic E-state index is 0.0974. The lowest BCUT2D eigenvalue weighted by atomic mass is 10.1. The van der Waals surface area contributed by atoms with Crippen LogP contribution in [-0.2, 0) is 9.59 Å². The van der Waals surface area contributed by atoms with E-state index in [-0.39, 0.29) is 18.4 Å². The average molecular weight is 382 g/mol. The van der Waals surface area contributed by atoms with E-state index in [1.807, 2.05) is 36.9 Å². The van der Waals surface area contributed by atoms with Crippen LogP contribution in [0.5, 0.6) is 11.5 Å². The monoisotopic (exact) mass is 382 g/mol. The summed E-state index contributed by atoms with van der Waals surface area (Å²) < 4.78 is 10.9. The van der Waals surface area contributed by atoms with Crippen molar-refractivity contribution in [2.45, 2.75) is 33.1 Å². The molecule has 28 heavy (non-hydrogen) atoms. The highest BCUT2D eigenvalue weighted by Gasteiger charge is 2.21. The molecule has 0 saturated carbocycles. The number of nitrogens with one attached hydrogen (secondary N) is 1. The molecule has 2 aromatic carbocycles. The van der Waals surface area contributed by atoms with Crippen LogP contribution in [0.15, 0.2) is 42.5 Å². The van der Waals surface area contributed by atoms with Crippen molar-refractivity contribution in [3.8, 4) is 11.5 Å². The Labute approximate surface area is 165 Å². The van der Waals surface area contributed by atoms with E-state index in [9.17, 15) is 9.59 Å². The topological polar surface area (TPSA) is 67.9 Å². The molecule has 0 spiro atoms. The molecule has 2 aromatic rings. The zero-order valence-electron chi connectivity index (χ0n) is 16.4. The predicted octanol–water partition coefficient (Wildman–Crippen LogP) is 3.93. The molecule has 148 valence electrons. The highest BCUT2D eigenvalue weighted by molar-refractivity contribution is 5.97. The van der Waals surface area contributed by atoms with Crippen LogP contribution < -0.4 is 19.7 Å². The first-order valence-electron chi connectivity index (χ1n) is 9.63. The van der Waals surface area contributed by atoms with Crippen molar-refractivity contribution >= 4 is 23.2 Å². The van der Waals surface area contributed by atoms with Gasteiger partial charge in [0.05, 0.1) is 6.61 Å². The number of benzene rings is 2. The number of hydrogen-bond acceptors (Lipinski definition) is 4. The number of piperidine rings is 1. The van der Waals surface area contributed by atoms with Crippen LogP contribution in [0.1, 0.15) is 31.7 Å². The lowest BCUT2D eigenvalue weighted by molar-refractivity contribution is -0.119. The standard InChI is InChI=1S/C22H26N2O4/c1-3-27-18-9-11-19(12-10-18)28-15-21(25)23-17-8-7-16(2)20(14-17)24-13-5-4-6-22(24)26/h7-12,14H,3-6,13,15H2,1-2H3,(H,23,25). The summed E-state index contributed by atoms with van der Waals surface area (Å²) in [5, 5.41) is 2.84. The molecule has 0 unspecified atom stereocenters. The molecule has 0 radical (unpaired) electrons. The van der Waals surface area contributed by atoms with Crippen LogP contribution >= 0.6 is 0 Å². The average Bonchev–Trinajstić information content (AvgIpc) is 2.70. The SMILES string of the molecule is CCOc1ccc(OCC(=O)Nc2ccc(C)c(N3CCCCC3=O)c2)cc1. The molecule has 6 nitrogen and oxygen atoms in total. The number of aryl methyl sites for hydroxylation is 1. The summed E-state index contributed by atoms with van der Waals surface area (Å²) in [6.45, 7) is 5.12. The number of ether oxygens (including phenoxy) is 2. The number of amides is 2. The van der Waals surface area contributed by atoms with Gasteiger partial charge in [-0.2, -0.15) is 0 Å². The van der Waals surface area contributed by atoms with Crippen LogP contribution in [0.4, 0.5) is 11.4 Å². The summed E-state index contributed by atoms with van der Waals surface area (Å²) in [6.07, 6.45) is 2.51. The van der Waals surface area contributed by atoms with Crippen LogP contribution in [-0.4, -0.2) is 31.6 Å². The van der Waals surface area contributed by atoms with Gasteiger partial charge in [0.1, 0.15) is 11.5 Å². The van der Waals surface area contributed by atoms with Gasteiger partial charge in [-0.05, 0) is 68.7 Å². The van der Waals surface area contributed by atoms with Gasteiger partial charge in [0.25, 0.3) is 5.91 Å². The maximum absolute atomic E-state index is 12.3. The third kappa shape index (κ3) is 5.03. The van der Waals surface area contributed by atoms with Gasteiger partial charge in [-0.25, -0.2) is 0 Å². The summed E-state index contributed by atoms with van der Waals surface area (Å²) in [5.74, 6) is 1.24. The quantitative estimate of drug-likeness (QED) is 0.788. The molecule has 6 heteroatoms. The Morgan fingerprint density at radius 1 is 1.07 bits per heavy atom. The molecule has 1 aliphatic rings. The van der Waals surface area contributed by atoms with Crippen LogP contribution in [0.3, 0.4) is 0 Å². The van der Waals surface area contributed by atoms with Crippen LogP contribution in [0.2, 0.25) is 0 Å². The predicted molar refractivity (Wildman–Crippen MR) is 109 cm³/mol. The zero-order valence-corrected chi connectivity index (χ0v) is 16.4. The molecule has 0 aliphatic carbocycles. The van der Waals surface area contributed by atoms with Crippen LogP contribution in [0.25, 0.3) is 0 Å². The van der Waals surface area contributed by atoms with Gasteiger partial charge in [0.2, 0.25) is 5.91 Å². The van der Waals surface area contributed by atoms with Gasteiger partial charge in [-0.3, -0.25) is 9.59 Å². The largest absolute Gasteiger partial charge is 0.494 e. The maximum Gasteiger partial charge on any atom is 0.262 e. The summed E-state index contributed by atoms with van der Waals surface area (Å²) in [7, 11) is 0. The minimum atomic E-state index is -0.256. The Kier molecular flexibility index (Phi) is 6.53. The van der Waals surface area contributed by atoms with E-state index in [0.29, 0.717) is 24.5 Å². The molecule has 1 saturated heterocycles. The molecule has 0 aromatic heterocycles. The van der Waals surface area contributed by atoms with E-state index >= 15 is 0 Å². The smallest absolute Gasteiger partial charge is 0.262 e. The molecule has 1 fully saturated rings. The number of nitrogens with zero attached hydrogens (tertiary/aromatic N) is 1. The Morgan fingerprint density at radius 2 is 1.79 bits per heavy atom. The van der Waals surface area contributed by atoms with Gasteiger partial charge in [-0.1, -0.05) is 6.07 Å². The van der Waals surface area contributed by atoms with Crippen molar-refractivity contribution in [3.63, 3.8) is 0 Å². The first-order valence-corrected chi connectivity index (χ1v) is 9.63. The second kappa shape index (κ2) is 9.26. The molecular weight excluding hydrogens is 356 g/mol. The Bertz CT molecular complexity index is 833. The fourth-order valence-corrected chi connectivity index (χ4v) is 3.18. The van der Waals surface area contributed by atoms with Crippen molar-refractivity contribution in [1.82, 2.24) is 0 Å². The first kappa shape index (κ1) is 19.7. The fraction of sp³-hybridized carbons (Fsp3) is 0.364. The third-order valence-corrected chi connectivity index (χ3v) is 4.61. The number of anilines is 2. The number of hydrogen-bond donors (Lipinski definition) is 1. The van der Waals surface area contributed by atoms with E-state index in [0.717, 1.165) is 36.4 Å². The Balaban J connectivity index is 1.59. The van der Waals surface area contributed by atoms with Gasteiger partial charge >= 0.3 is 0 Å². The lowest BCUT2D eigenvalue weighted by Crippen LogP contribution is -2.35. The van der Waals surface area contributed by atoms with E-state index in [1.54, 1.807) is 24.3 Å². The molecule has 1 N–H and O–H groups in total. The van der Waals surface area contributed by atoms with Gasteiger partial charge in [-0.15, -0.1) is 0 Å². The van der Waals surface area contributed by atoms with E-state index in [2.05, 4.69) is 5.32 Å². The molecule has 0 bridgehead atoms. The Hall–Kier alpha value is -3.02. The van der Waals surface area contributed by atoms with Crippen molar-refractivity contribution < 1.29 is 19.1 Å². The van der Waals surface area contributed by atoms with E-state index in [4.69, 9.17) is 9.47 Å². The molecular formula is C22H26N2O4. The number of carbonyl (C=O) groups excluding carboxylic acids is 2. The minimum Gasteiger partial charge on any atom is -0.494 e. The number of carbonyl (C=O) groups is 2. The van der Waals surface area contributed by atoms with Crippen molar-refractivity contribution in [2.75, 3.05) is 30.0 Å². The lowest BCUT2D eigenvalue weighted by Gasteiger charge is -2.28. The Morgan fingerprint density at radius 3 is 2.46 bits per heavy atom. The summed E-state index contributed by atoms with van der Waals surface area (Å²) in [4.78, 5) is 26.3. The third-order valence-electron chi connectivity index (χ3n) is 4.61. The van der Waals surface area contributed by atoms with E-state index < -0.39 is 0 Å². The van der Waals surface area contributed by atoms with Crippen LogP contribution in [0, 0.1) is 6.92 Å². The molecule has 2 amide bonds. The van der Waals surface area contributed by atoms with Crippen molar-refractivity contribution in [3.05, 3.63) is 48.0 Å². The van der Waals surface area contributed by atoms with E-state index in [1.165, 1.54) is 0 Å². The second-order valence-corrected chi connectivity index (χ2v) is 6.75. The summed E-state index contributed by atoms with van der Waals surface area (Å²) in [5.41, 5.74) is 2.52. The summed E-state index contributed by atoms with van der Waals surface area (Å²) >= 11 is 0. The normalized spacial score (nSPS) is 13.9. The van der Waals surface area contributed by atoms with Gasteiger partial charge in [0.15, 0.2) is 6.61 Å². The molecule has 1 aliphatic heterocycles. The maximum atomic E-state index is 12.3. The molecule has 0 atom stereocenters. The second-order valence-electron chi connectivity index (χ2n) is 6.75.